The van der Waals surface area contributed by atoms with Gasteiger partial charge in [0.25, 0.3) is 5.91 Å². The van der Waals surface area contributed by atoms with Crippen LogP contribution in [-0.2, 0) is 0 Å². The Morgan fingerprint density at radius 2 is 2.00 bits per heavy atom. The predicted molar refractivity (Wildman–Crippen MR) is 79.0 cm³/mol. The zero-order valence-corrected chi connectivity index (χ0v) is 12.4. The third kappa shape index (κ3) is 4.06. The fourth-order valence-corrected chi connectivity index (χ4v) is 3.03. The van der Waals surface area contributed by atoms with Gasteiger partial charge >= 0.3 is 0 Å². The molecule has 20 heavy (non-hydrogen) atoms. The molecule has 2 nitrogen and oxygen atoms in total. The van der Waals surface area contributed by atoms with Crippen LogP contribution in [0.15, 0.2) is 24.3 Å². The summed E-state index contributed by atoms with van der Waals surface area (Å²) in [7, 11) is 0. The van der Waals surface area contributed by atoms with Crippen LogP contribution in [0.25, 0.3) is 0 Å². The van der Waals surface area contributed by atoms with Gasteiger partial charge in [0.15, 0.2) is 0 Å². The Bertz CT molecular complexity index is 450. The molecule has 0 saturated heterocycles. The van der Waals surface area contributed by atoms with Crippen molar-refractivity contribution >= 4 is 5.91 Å². The third-order valence-electron chi connectivity index (χ3n) is 4.47. The Morgan fingerprint density at radius 1 is 1.30 bits per heavy atom. The smallest absolute Gasteiger partial charge is 0.251 e. The normalized spacial score (nSPS) is 22.8. The first-order valence-corrected chi connectivity index (χ1v) is 7.60. The van der Waals surface area contributed by atoms with Crippen LogP contribution < -0.4 is 5.32 Å². The number of carbonyl (C=O) groups excluding carboxylic acids is 1. The second-order valence-corrected chi connectivity index (χ2v) is 6.25. The number of benzene rings is 1. The summed E-state index contributed by atoms with van der Waals surface area (Å²) >= 11 is 0. The van der Waals surface area contributed by atoms with Crippen molar-refractivity contribution < 1.29 is 9.18 Å². The zero-order chi connectivity index (χ0) is 14.5. The lowest BCUT2D eigenvalue weighted by atomic mass is 9.77. The zero-order valence-electron chi connectivity index (χ0n) is 12.4. The number of amides is 1. The highest BCUT2D eigenvalue weighted by molar-refractivity contribution is 5.94. The van der Waals surface area contributed by atoms with Gasteiger partial charge in [-0.15, -0.1) is 0 Å². The summed E-state index contributed by atoms with van der Waals surface area (Å²) in [6.45, 7) is 5.29. The topological polar surface area (TPSA) is 29.1 Å². The highest BCUT2D eigenvalue weighted by Gasteiger charge is 2.23. The van der Waals surface area contributed by atoms with Crippen LogP contribution in [0, 0.1) is 23.6 Å². The summed E-state index contributed by atoms with van der Waals surface area (Å²) in [4.78, 5) is 11.9. The molecule has 0 atom stereocenters. The van der Waals surface area contributed by atoms with Gasteiger partial charge in [0, 0.05) is 12.1 Å². The van der Waals surface area contributed by atoms with E-state index in [0.29, 0.717) is 18.0 Å². The minimum Gasteiger partial charge on any atom is -0.352 e. The standard InChI is InChI=1S/C17H24FNO/c1-12(2)14-8-6-13(7-9-14)11-19-17(20)15-4-3-5-16(18)10-15/h3-5,10,12-14H,6-9,11H2,1-2H3,(H,19,20). The van der Waals surface area contributed by atoms with Crippen molar-refractivity contribution in [3.05, 3.63) is 35.6 Å². The first-order valence-electron chi connectivity index (χ1n) is 7.60. The van der Waals surface area contributed by atoms with Crippen molar-refractivity contribution in [3.8, 4) is 0 Å². The van der Waals surface area contributed by atoms with Crippen LogP contribution in [0.1, 0.15) is 49.9 Å². The van der Waals surface area contributed by atoms with E-state index >= 15 is 0 Å². The van der Waals surface area contributed by atoms with E-state index in [9.17, 15) is 9.18 Å². The minimum atomic E-state index is -0.366. The quantitative estimate of drug-likeness (QED) is 0.885. The average molecular weight is 277 g/mol. The van der Waals surface area contributed by atoms with E-state index in [4.69, 9.17) is 0 Å². The SMILES string of the molecule is CC(C)C1CCC(CNC(=O)c2cccc(F)c2)CC1. The molecule has 3 heteroatoms. The molecule has 0 aromatic heterocycles. The molecule has 1 fully saturated rings. The maximum atomic E-state index is 13.1. The van der Waals surface area contributed by atoms with Gasteiger partial charge in [-0.1, -0.05) is 19.9 Å². The summed E-state index contributed by atoms with van der Waals surface area (Å²) in [5, 5.41) is 2.93. The number of hydrogen-bond donors (Lipinski definition) is 1. The number of nitrogens with one attached hydrogen (secondary N) is 1. The maximum Gasteiger partial charge on any atom is 0.251 e. The lowest BCUT2D eigenvalue weighted by Gasteiger charge is -2.30. The molecule has 2 rings (SSSR count). The van der Waals surface area contributed by atoms with Crippen molar-refractivity contribution in [2.75, 3.05) is 6.54 Å². The maximum absolute atomic E-state index is 13.1. The molecule has 0 aliphatic heterocycles. The van der Waals surface area contributed by atoms with E-state index < -0.39 is 0 Å². The van der Waals surface area contributed by atoms with Gasteiger partial charge in [0.1, 0.15) is 5.82 Å². The van der Waals surface area contributed by atoms with Gasteiger partial charge < -0.3 is 5.32 Å². The monoisotopic (exact) mass is 277 g/mol. The van der Waals surface area contributed by atoms with E-state index in [2.05, 4.69) is 19.2 Å². The highest BCUT2D eigenvalue weighted by Crippen LogP contribution is 2.32. The molecule has 0 heterocycles. The van der Waals surface area contributed by atoms with Crippen molar-refractivity contribution in [2.45, 2.75) is 39.5 Å². The second-order valence-electron chi connectivity index (χ2n) is 6.25. The van der Waals surface area contributed by atoms with Crippen LogP contribution in [-0.4, -0.2) is 12.5 Å². The minimum absolute atomic E-state index is 0.171. The molecule has 0 radical (unpaired) electrons. The van der Waals surface area contributed by atoms with Crippen LogP contribution in [0.3, 0.4) is 0 Å². The fourth-order valence-electron chi connectivity index (χ4n) is 3.03. The summed E-state index contributed by atoms with van der Waals surface area (Å²) in [5.41, 5.74) is 0.404. The van der Waals surface area contributed by atoms with Gasteiger partial charge in [-0.2, -0.15) is 0 Å². The Kier molecular flexibility index (Phi) is 5.16. The van der Waals surface area contributed by atoms with E-state index in [1.54, 1.807) is 12.1 Å². The van der Waals surface area contributed by atoms with Crippen molar-refractivity contribution in [1.29, 1.82) is 0 Å². The summed E-state index contributed by atoms with van der Waals surface area (Å²) in [6, 6.07) is 5.85. The van der Waals surface area contributed by atoms with Crippen molar-refractivity contribution in [2.24, 2.45) is 17.8 Å². The van der Waals surface area contributed by atoms with E-state index in [1.165, 1.54) is 37.8 Å². The van der Waals surface area contributed by atoms with E-state index in [1.807, 2.05) is 0 Å². The second kappa shape index (κ2) is 6.87. The van der Waals surface area contributed by atoms with Gasteiger partial charge in [-0.25, -0.2) is 4.39 Å². The Morgan fingerprint density at radius 3 is 2.60 bits per heavy atom. The molecule has 0 unspecified atom stereocenters. The Balaban J connectivity index is 1.77. The molecule has 1 saturated carbocycles. The predicted octanol–water partition coefficient (Wildman–Crippen LogP) is 4.02. The summed E-state index contributed by atoms with van der Waals surface area (Å²) in [5.74, 6) is 1.64. The molecule has 1 aromatic rings. The fraction of sp³-hybridized carbons (Fsp3) is 0.588. The lowest BCUT2D eigenvalue weighted by molar-refractivity contribution is 0.0939. The van der Waals surface area contributed by atoms with Gasteiger partial charge in [0.05, 0.1) is 0 Å². The van der Waals surface area contributed by atoms with Crippen LogP contribution in [0.5, 0.6) is 0 Å². The van der Waals surface area contributed by atoms with Gasteiger partial charge in [0.2, 0.25) is 0 Å². The molecular formula is C17H24FNO. The molecule has 0 bridgehead atoms. The van der Waals surface area contributed by atoms with Crippen LogP contribution >= 0.6 is 0 Å². The lowest BCUT2D eigenvalue weighted by Crippen LogP contribution is -2.32. The van der Waals surface area contributed by atoms with Crippen LogP contribution in [0.2, 0.25) is 0 Å². The molecule has 1 aliphatic carbocycles. The Labute approximate surface area is 120 Å². The molecular weight excluding hydrogens is 253 g/mol. The van der Waals surface area contributed by atoms with Gasteiger partial charge in [-0.05, 0) is 61.6 Å². The average Bonchev–Trinajstić information content (AvgIpc) is 2.45. The molecule has 1 amide bonds. The summed E-state index contributed by atoms with van der Waals surface area (Å²) < 4.78 is 13.1. The number of carbonyl (C=O) groups is 1. The molecule has 110 valence electrons. The van der Waals surface area contributed by atoms with E-state index in [-0.39, 0.29) is 11.7 Å². The molecule has 1 N–H and O–H groups in total. The number of hydrogen-bond acceptors (Lipinski definition) is 1. The highest BCUT2D eigenvalue weighted by atomic mass is 19.1. The summed E-state index contributed by atoms with van der Waals surface area (Å²) in [6.07, 6.45) is 4.90. The van der Waals surface area contributed by atoms with Crippen molar-refractivity contribution in [3.63, 3.8) is 0 Å². The number of halogens is 1. The van der Waals surface area contributed by atoms with E-state index in [0.717, 1.165) is 11.8 Å². The largest absolute Gasteiger partial charge is 0.352 e. The number of rotatable bonds is 4. The third-order valence-corrected chi connectivity index (χ3v) is 4.47. The Hall–Kier alpha value is -1.38. The molecule has 1 aliphatic rings. The van der Waals surface area contributed by atoms with Crippen molar-refractivity contribution in [1.82, 2.24) is 5.32 Å². The van der Waals surface area contributed by atoms with Crippen LogP contribution in [0.4, 0.5) is 4.39 Å². The first-order chi connectivity index (χ1) is 9.56. The molecule has 1 aromatic carbocycles. The first kappa shape index (κ1) is 15.0. The van der Waals surface area contributed by atoms with Gasteiger partial charge in [-0.3, -0.25) is 4.79 Å². The molecule has 0 spiro atoms.